The Morgan fingerprint density at radius 2 is 2.42 bits per heavy atom. The van der Waals surface area contributed by atoms with Crippen molar-refractivity contribution in [1.82, 2.24) is 5.32 Å². The molecular weight excluding hydrogens is 224 g/mol. The topological polar surface area (TPSA) is 58.5 Å². The number of nitrogens with zero attached hydrogens (tertiary/aromatic N) is 1. The molecule has 5 heteroatoms. The van der Waals surface area contributed by atoms with E-state index in [-0.39, 0.29) is 11.8 Å². The van der Waals surface area contributed by atoms with E-state index in [0.29, 0.717) is 4.48 Å². The minimum Gasteiger partial charge on any atom is -0.341 e. The van der Waals surface area contributed by atoms with Crippen LogP contribution in [0.2, 0.25) is 0 Å². The van der Waals surface area contributed by atoms with E-state index in [1.165, 1.54) is 13.1 Å². The first-order chi connectivity index (χ1) is 5.59. The minimum atomic E-state index is -0.623. The molecule has 0 saturated carbocycles. The van der Waals surface area contributed by atoms with Gasteiger partial charge in [0.15, 0.2) is 0 Å². The van der Waals surface area contributed by atoms with Gasteiger partial charge in [0.25, 0.3) is 5.91 Å². The first kappa shape index (κ1) is 9.12. The van der Waals surface area contributed by atoms with Gasteiger partial charge in [0.1, 0.15) is 6.04 Å². The van der Waals surface area contributed by atoms with Gasteiger partial charge in [-0.15, -0.1) is 0 Å². The maximum absolute atomic E-state index is 11.0. The SMILES string of the molecule is CC(=O)NC1C=C(Br)C=NC1=O. The highest BCUT2D eigenvalue weighted by molar-refractivity contribution is 9.12. The summed E-state index contributed by atoms with van der Waals surface area (Å²) in [5, 5.41) is 2.45. The van der Waals surface area contributed by atoms with E-state index in [2.05, 4.69) is 26.2 Å². The van der Waals surface area contributed by atoms with Crippen LogP contribution in [0.3, 0.4) is 0 Å². The maximum atomic E-state index is 11.0. The second-order valence-electron chi connectivity index (χ2n) is 2.33. The molecule has 1 aliphatic heterocycles. The summed E-state index contributed by atoms with van der Waals surface area (Å²) in [5.74, 6) is -0.601. The van der Waals surface area contributed by atoms with Gasteiger partial charge in [-0.3, -0.25) is 9.59 Å². The van der Waals surface area contributed by atoms with Gasteiger partial charge in [0.2, 0.25) is 5.91 Å². The number of halogens is 1. The number of amides is 2. The lowest BCUT2D eigenvalue weighted by Gasteiger charge is -2.12. The number of carbonyl (C=O) groups excluding carboxylic acids is 2. The van der Waals surface area contributed by atoms with E-state index in [9.17, 15) is 9.59 Å². The monoisotopic (exact) mass is 230 g/mol. The first-order valence-electron chi connectivity index (χ1n) is 3.32. The quantitative estimate of drug-likeness (QED) is 0.709. The van der Waals surface area contributed by atoms with Gasteiger partial charge in [-0.25, -0.2) is 4.99 Å². The average Bonchev–Trinajstić information content (AvgIpc) is 1.96. The second kappa shape index (κ2) is 3.62. The molecule has 64 valence electrons. The molecule has 0 spiro atoms. The lowest BCUT2D eigenvalue weighted by atomic mass is 10.2. The van der Waals surface area contributed by atoms with Crippen molar-refractivity contribution in [3.05, 3.63) is 10.6 Å². The first-order valence-corrected chi connectivity index (χ1v) is 4.11. The highest BCUT2D eigenvalue weighted by Crippen LogP contribution is 2.09. The highest BCUT2D eigenvalue weighted by Gasteiger charge is 2.18. The van der Waals surface area contributed by atoms with Crippen LogP contribution in [0, 0.1) is 0 Å². The van der Waals surface area contributed by atoms with Gasteiger partial charge in [-0.05, 0) is 22.0 Å². The molecule has 0 saturated heterocycles. The molecule has 1 N–H and O–H groups in total. The summed E-state index contributed by atoms with van der Waals surface area (Å²) in [5.41, 5.74) is 0. The van der Waals surface area contributed by atoms with Crippen LogP contribution >= 0.6 is 15.9 Å². The lowest BCUT2D eigenvalue weighted by molar-refractivity contribution is -0.125. The van der Waals surface area contributed by atoms with Gasteiger partial charge in [0.05, 0.1) is 0 Å². The average molecular weight is 231 g/mol. The van der Waals surface area contributed by atoms with Gasteiger partial charge < -0.3 is 5.32 Å². The van der Waals surface area contributed by atoms with Gasteiger partial charge in [0, 0.05) is 17.6 Å². The summed E-state index contributed by atoms with van der Waals surface area (Å²) >= 11 is 3.15. The molecule has 1 atom stereocenters. The molecule has 0 aliphatic carbocycles. The van der Waals surface area contributed by atoms with Gasteiger partial charge in [-0.1, -0.05) is 0 Å². The third-order valence-electron chi connectivity index (χ3n) is 1.27. The molecule has 1 rings (SSSR count). The highest BCUT2D eigenvalue weighted by atomic mass is 79.9. The van der Waals surface area contributed by atoms with E-state index in [0.717, 1.165) is 0 Å². The molecule has 0 radical (unpaired) electrons. The van der Waals surface area contributed by atoms with Crippen molar-refractivity contribution in [2.75, 3.05) is 0 Å². The molecule has 12 heavy (non-hydrogen) atoms. The number of carbonyl (C=O) groups is 2. The van der Waals surface area contributed by atoms with Crippen LogP contribution in [0.5, 0.6) is 0 Å². The molecule has 0 aromatic rings. The number of nitrogens with one attached hydrogen (secondary N) is 1. The van der Waals surface area contributed by atoms with Crippen molar-refractivity contribution in [2.24, 2.45) is 4.99 Å². The molecule has 2 amide bonds. The van der Waals surface area contributed by atoms with Crippen LogP contribution in [-0.2, 0) is 9.59 Å². The normalized spacial score (nSPS) is 22.0. The Morgan fingerprint density at radius 1 is 1.75 bits per heavy atom. The van der Waals surface area contributed by atoms with Crippen LogP contribution in [0.4, 0.5) is 0 Å². The number of allylic oxidation sites excluding steroid dienone is 1. The van der Waals surface area contributed by atoms with E-state index < -0.39 is 6.04 Å². The Bertz CT molecular complexity index is 283. The number of dihydropyridines is 1. The summed E-state index contributed by atoms with van der Waals surface area (Å²) in [6.07, 6.45) is 3.00. The Morgan fingerprint density at radius 3 is 3.00 bits per heavy atom. The molecule has 4 nitrogen and oxygen atoms in total. The maximum Gasteiger partial charge on any atom is 0.272 e. The third kappa shape index (κ3) is 2.27. The molecule has 1 heterocycles. The largest absolute Gasteiger partial charge is 0.341 e. The Balaban J connectivity index is 2.71. The van der Waals surface area contributed by atoms with Crippen molar-refractivity contribution in [2.45, 2.75) is 13.0 Å². The lowest BCUT2D eigenvalue weighted by Crippen LogP contribution is -2.38. The van der Waals surface area contributed by atoms with Crippen molar-refractivity contribution in [3.8, 4) is 0 Å². The molecule has 1 aliphatic rings. The summed E-state index contributed by atoms with van der Waals surface area (Å²) in [4.78, 5) is 25.2. The van der Waals surface area contributed by atoms with E-state index in [4.69, 9.17) is 0 Å². The fraction of sp³-hybridized carbons (Fsp3) is 0.286. The van der Waals surface area contributed by atoms with E-state index in [1.807, 2.05) is 0 Å². The number of hydrogen-bond acceptors (Lipinski definition) is 2. The molecule has 0 aromatic heterocycles. The van der Waals surface area contributed by atoms with Crippen LogP contribution in [0.25, 0.3) is 0 Å². The number of rotatable bonds is 1. The number of hydrogen-bond donors (Lipinski definition) is 1. The van der Waals surface area contributed by atoms with Crippen molar-refractivity contribution >= 4 is 34.0 Å². The zero-order chi connectivity index (χ0) is 9.14. The van der Waals surface area contributed by atoms with Crippen molar-refractivity contribution in [3.63, 3.8) is 0 Å². The van der Waals surface area contributed by atoms with Gasteiger partial charge >= 0.3 is 0 Å². The standard InChI is InChI=1S/C7H7BrN2O2/c1-4(11)10-6-2-5(8)3-9-7(6)12/h2-3,6H,1H3,(H,10,11). The molecule has 1 unspecified atom stereocenters. The summed E-state index contributed by atoms with van der Waals surface area (Å²) in [7, 11) is 0. The summed E-state index contributed by atoms with van der Waals surface area (Å²) < 4.78 is 0.695. The van der Waals surface area contributed by atoms with Crippen LogP contribution in [0.1, 0.15) is 6.92 Å². The predicted molar refractivity (Wildman–Crippen MR) is 48.1 cm³/mol. The Kier molecular flexibility index (Phi) is 2.75. The van der Waals surface area contributed by atoms with E-state index >= 15 is 0 Å². The molecular formula is C7H7BrN2O2. The fourth-order valence-corrected chi connectivity index (χ4v) is 1.17. The Hall–Kier alpha value is -0.970. The smallest absolute Gasteiger partial charge is 0.272 e. The summed E-state index contributed by atoms with van der Waals surface area (Å²) in [6.45, 7) is 1.35. The zero-order valence-electron chi connectivity index (χ0n) is 6.37. The van der Waals surface area contributed by atoms with Crippen molar-refractivity contribution in [1.29, 1.82) is 0 Å². The van der Waals surface area contributed by atoms with Crippen LogP contribution in [-0.4, -0.2) is 24.1 Å². The second-order valence-corrected chi connectivity index (χ2v) is 3.24. The predicted octanol–water partition coefficient (Wildman–Crippen LogP) is 0.381. The van der Waals surface area contributed by atoms with Crippen molar-refractivity contribution < 1.29 is 9.59 Å². The zero-order valence-corrected chi connectivity index (χ0v) is 7.96. The van der Waals surface area contributed by atoms with Crippen LogP contribution in [0.15, 0.2) is 15.6 Å². The molecule has 0 aromatic carbocycles. The van der Waals surface area contributed by atoms with Crippen LogP contribution < -0.4 is 5.32 Å². The minimum absolute atomic E-state index is 0.248. The molecule has 0 bridgehead atoms. The van der Waals surface area contributed by atoms with E-state index in [1.54, 1.807) is 6.08 Å². The number of aliphatic imine (C=N–C) groups is 1. The molecule has 0 fully saturated rings. The third-order valence-corrected chi connectivity index (χ3v) is 1.73. The van der Waals surface area contributed by atoms with Gasteiger partial charge in [-0.2, -0.15) is 0 Å². The Labute approximate surface area is 77.9 Å². The fourth-order valence-electron chi connectivity index (χ4n) is 0.802. The summed E-state index contributed by atoms with van der Waals surface area (Å²) in [6, 6.07) is -0.623.